The van der Waals surface area contributed by atoms with E-state index in [0.29, 0.717) is 12.0 Å². The summed E-state index contributed by atoms with van der Waals surface area (Å²) in [5, 5.41) is 7.15. The molecule has 1 heterocycles. The number of nitrogens with one attached hydrogen (secondary N) is 2. The van der Waals surface area contributed by atoms with E-state index in [2.05, 4.69) is 34.9 Å². The molecule has 2 N–H and O–H groups in total. The molecule has 2 nitrogen and oxygen atoms in total. The van der Waals surface area contributed by atoms with Crippen LogP contribution in [0.5, 0.6) is 0 Å². The average molecular weight is 312 g/mol. The van der Waals surface area contributed by atoms with Crippen LogP contribution in [-0.4, -0.2) is 19.6 Å². The van der Waals surface area contributed by atoms with Crippen molar-refractivity contribution in [2.45, 2.75) is 25.3 Å². The monoisotopic (exact) mass is 312 g/mol. The molecule has 2 aromatic rings. The molecule has 0 saturated carbocycles. The summed E-state index contributed by atoms with van der Waals surface area (Å²) in [6.07, 6.45) is 3.35. The average Bonchev–Trinajstić information content (AvgIpc) is 2.61. The zero-order valence-corrected chi connectivity index (χ0v) is 13.5. The molecule has 23 heavy (non-hydrogen) atoms. The lowest BCUT2D eigenvalue weighted by Crippen LogP contribution is -2.37. The topological polar surface area (TPSA) is 24.1 Å². The highest BCUT2D eigenvalue weighted by Crippen LogP contribution is 2.29. The van der Waals surface area contributed by atoms with Gasteiger partial charge in [0.05, 0.1) is 0 Å². The molecule has 3 rings (SSSR count). The molecule has 0 amide bonds. The van der Waals surface area contributed by atoms with Gasteiger partial charge in [0.15, 0.2) is 0 Å². The smallest absolute Gasteiger partial charge is 0.123 e. The molecule has 0 aromatic heterocycles. The van der Waals surface area contributed by atoms with E-state index in [9.17, 15) is 4.39 Å². The van der Waals surface area contributed by atoms with Gasteiger partial charge in [0.25, 0.3) is 0 Å². The minimum atomic E-state index is -0.165. The fourth-order valence-electron chi connectivity index (χ4n) is 3.42. The van der Waals surface area contributed by atoms with Gasteiger partial charge in [0.2, 0.25) is 0 Å². The molecule has 0 spiro atoms. The van der Waals surface area contributed by atoms with Crippen LogP contribution in [0.4, 0.5) is 4.39 Å². The van der Waals surface area contributed by atoms with E-state index >= 15 is 0 Å². The van der Waals surface area contributed by atoms with Gasteiger partial charge in [-0.1, -0.05) is 42.5 Å². The molecule has 1 aliphatic rings. The second kappa shape index (κ2) is 8.23. The first-order valence-corrected chi connectivity index (χ1v) is 8.56. The molecular weight excluding hydrogens is 287 g/mol. The minimum absolute atomic E-state index is 0.165. The van der Waals surface area contributed by atoms with Gasteiger partial charge in [-0.3, -0.25) is 0 Å². The third-order valence-electron chi connectivity index (χ3n) is 4.71. The summed E-state index contributed by atoms with van der Waals surface area (Å²) in [5.74, 6) is 0.444. The van der Waals surface area contributed by atoms with Gasteiger partial charge >= 0.3 is 0 Å². The van der Waals surface area contributed by atoms with Crippen LogP contribution >= 0.6 is 0 Å². The fraction of sp³-hybridized carbons (Fsp3) is 0.400. The van der Waals surface area contributed by atoms with E-state index in [0.717, 1.165) is 26.1 Å². The highest BCUT2D eigenvalue weighted by Gasteiger charge is 2.24. The molecule has 0 radical (unpaired) electrons. The van der Waals surface area contributed by atoms with Gasteiger partial charge in [-0.2, -0.15) is 0 Å². The van der Waals surface area contributed by atoms with Crippen molar-refractivity contribution in [1.82, 2.24) is 10.6 Å². The van der Waals surface area contributed by atoms with Crippen molar-refractivity contribution < 1.29 is 4.39 Å². The van der Waals surface area contributed by atoms with Gasteiger partial charge < -0.3 is 10.6 Å². The summed E-state index contributed by atoms with van der Waals surface area (Å²) in [6, 6.07) is 17.9. The van der Waals surface area contributed by atoms with Crippen LogP contribution in [0.1, 0.15) is 30.0 Å². The first-order valence-electron chi connectivity index (χ1n) is 8.56. The van der Waals surface area contributed by atoms with Crippen molar-refractivity contribution in [3.8, 4) is 0 Å². The van der Waals surface area contributed by atoms with Gasteiger partial charge in [-0.15, -0.1) is 0 Å². The largest absolute Gasteiger partial charge is 0.317 e. The molecule has 1 fully saturated rings. The maximum Gasteiger partial charge on any atom is 0.123 e. The highest BCUT2D eigenvalue weighted by molar-refractivity contribution is 5.21. The van der Waals surface area contributed by atoms with Crippen molar-refractivity contribution >= 4 is 0 Å². The Kier molecular flexibility index (Phi) is 5.78. The normalized spacial score (nSPS) is 17.1. The van der Waals surface area contributed by atoms with Crippen molar-refractivity contribution in [2.24, 2.45) is 5.92 Å². The Balaban J connectivity index is 1.65. The summed E-state index contributed by atoms with van der Waals surface area (Å²) < 4.78 is 13.2. The third kappa shape index (κ3) is 4.63. The van der Waals surface area contributed by atoms with E-state index < -0.39 is 0 Å². The highest BCUT2D eigenvalue weighted by atomic mass is 19.1. The quantitative estimate of drug-likeness (QED) is 0.850. The molecule has 1 saturated heterocycles. The SMILES string of the molecule is Fc1ccc(C(NCCc2ccccc2)C2CCNCC2)cc1. The Morgan fingerprint density at radius 1 is 1.00 bits per heavy atom. The Labute approximate surface area is 138 Å². The number of hydrogen-bond acceptors (Lipinski definition) is 2. The summed E-state index contributed by atoms with van der Waals surface area (Å²) in [4.78, 5) is 0. The number of halogens is 1. The van der Waals surface area contributed by atoms with Gasteiger partial charge in [0.1, 0.15) is 5.82 Å². The Bertz CT molecular complexity index is 576. The van der Waals surface area contributed by atoms with Crippen LogP contribution in [0.3, 0.4) is 0 Å². The zero-order chi connectivity index (χ0) is 15.9. The summed E-state index contributed by atoms with van der Waals surface area (Å²) >= 11 is 0. The molecule has 3 heteroatoms. The van der Waals surface area contributed by atoms with Crippen LogP contribution in [-0.2, 0) is 6.42 Å². The second-order valence-corrected chi connectivity index (χ2v) is 6.31. The maximum atomic E-state index is 13.2. The second-order valence-electron chi connectivity index (χ2n) is 6.31. The van der Waals surface area contributed by atoms with Crippen LogP contribution in [0.15, 0.2) is 54.6 Å². The third-order valence-corrected chi connectivity index (χ3v) is 4.71. The predicted molar refractivity (Wildman–Crippen MR) is 92.9 cm³/mol. The lowest BCUT2D eigenvalue weighted by Gasteiger charge is -2.32. The lowest BCUT2D eigenvalue weighted by molar-refractivity contribution is 0.284. The first kappa shape index (κ1) is 16.2. The number of rotatable bonds is 6. The van der Waals surface area contributed by atoms with Gasteiger partial charge in [0, 0.05) is 6.04 Å². The standard InChI is InChI=1S/C20H25FN2/c21-19-8-6-17(7-9-19)20(18-11-13-22-14-12-18)23-15-10-16-4-2-1-3-5-16/h1-9,18,20,22-23H,10-15H2. The van der Waals surface area contributed by atoms with Gasteiger partial charge in [-0.05, 0) is 68.1 Å². The summed E-state index contributed by atoms with van der Waals surface area (Å²) in [7, 11) is 0. The van der Waals surface area contributed by atoms with Crippen molar-refractivity contribution in [1.29, 1.82) is 0 Å². The van der Waals surface area contributed by atoms with Crippen molar-refractivity contribution in [3.05, 3.63) is 71.5 Å². The number of hydrogen-bond donors (Lipinski definition) is 2. The van der Waals surface area contributed by atoms with Crippen molar-refractivity contribution in [2.75, 3.05) is 19.6 Å². The van der Waals surface area contributed by atoms with E-state index in [4.69, 9.17) is 0 Å². The number of piperidine rings is 1. The zero-order valence-electron chi connectivity index (χ0n) is 13.5. The minimum Gasteiger partial charge on any atom is -0.317 e. The molecule has 1 aliphatic heterocycles. The Morgan fingerprint density at radius 2 is 1.70 bits per heavy atom. The lowest BCUT2D eigenvalue weighted by atomic mass is 9.86. The summed E-state index contributed by atoms with van der Waals surface area (Å²) in [5.41, 5.74) is 2.55. The first-order chi connectivity index (χ1) is 11.3. The molecule has 0 aliphatic carbocycles. The van der Waals surface area contributed by atoms with Gasteiger partial charge in [-0.25, -0.2) is 4.39 Å². The Morgan fingerprint density at radius 3 is 2.39 bits per heavy atom. The maximum absolute atomic E-state index is 13.2. The van der Waals surface area contributed by atoms with Crippen LogP contribution in [0.2, 0.25) is 0 Å². The molecule has 122 valence electrons. The van der Waals surface area contributed by atoms with Crippen molar-refractivity contribution in [3.63, 3.8) is 0 Å². The molecule has 1 unspecified atom stereocenters. The van der Waals surface area contributed by atoms with Crippen LogP contribution in [0, 0.1) is 11.7 Å². The number of benzene rings is 2. The van der Waals surface area contributed by atoms with E-state index in [1.54, 1.807) is 12.1 Å². The molecule has 0 bridgehead atoms. The van der Waals surface area contributed by atoms with E-state index in [1.165, 1.54) is 24.0 Å². The Hall–Kier alpha value is -1.71. The van der Waals surface area contributed by atoms with E-state index in [1.807, 2.05) is 18.2 Å². The molecule has 2 aromatic carbocycles. The van der Waals surface area contributed by atoms with Crippen LogP contribution < -0.4 is 10.6 Å². The molecule has 1 atom stereocenters. The van der Waals surface area contributed by atoms with Crippen LogP contribution in [0.25, 0.3) is 0 Å². The van der Waals surface area contributed by atoms with E-state index in [-0.39, 0.29) is 5.82 Å². The molecular formula is C20H25FN2. The summed E-state index contributed by atoms with van der Waals surface area (Å²) in [6.45, 7) is 3.08. The fourth-order valence-corrected chi connectivity index (χ4v) is 3.42. The predicted octanol–water partition coefficient (Wildman–Crippen LogP) is 3.70.